The summed E-state index contributed by atoms with van der Waals surface area (Å²) < 4.78 is 0. The molecule has 0 spiro atoms. The minimum atomic E-state index is -0.0906. The monoisotopic (exact) mass is 388 g/mol. The molecule has 6 heteroatoms. The Kier molecular flexibility index (Phi) is 6.38. The zero-order valence-electron chi connectivity index (χ0n) is 15.2. The standard InChI is InChI=1S/C20H24N2O2S2/c1-22(2)20(24)26-17-12-8-7-10-15(17)21-19(23)18-13-14-9-5-3-4-6-11-16(14)25-18/h7-8,10,12-13H,3-6,9,11H2,1-2H3,(H,21,23). The first-order valence-electron chi connectivity index (χ1n) is 8.95. The van der Waals surface area contributed by atoms with Crippen LogP contribution in [0.15, 0.2) is 35.2 Å². The molecule has 0 unspecified atom stereocenters. The summed E-state index contributed by atoms with van der Waals surface area (Å²) in [6.45, 7) is 0. The number of benzene rings is 1. The third-order valence-corrected chi connectivity index (χ3v) is 6.77. The van der Waals surface area contributed by atoms with Crippen molar-refractivity contribution in [3.05, 3.63) is 45.6 Å². The van der Waals surface area contributed by atoms with E-state index >= 15 is 0 Å². The van der Waals surface area contributed by atoms with E-state index in [0.717, 1.165) is 34.4 Å². The van der Waals surface area contributed by atoms with Gasteiger partial charge in [-0.05, 0) is 61.2 Å². The number of fused-ring (bicyclic) bond motifs is 1. The maximum Gasteiger partial charge on any atom is 0.286 e. The van der Waals surface area contributed by atoms with Crippen LogP contribution >= 0.6 is 23.1 Å². The lowest BCUT2D eigenvalue weighted by atomic mass is 10.00. The molecule has 0 radical (unpaired) electrons. The molecule has 2 amide bonds. The average Bonchev–Trinajstić information content (AvgIpc) is 2.98. The lowest BCUT2D eigenvalue weighted by Crippen LogP contribution is -2.17. The molecule has 0 saturated heterocycles. The highest BCUT2D eigenvalue weighted by Crippen LogP contribution is 2.31. The van der Waals surface area contributed by atoms with Crippen molar-refractivity contribution in [1.82, 2.24) is 4.90 Å². The van der Waals surface area contributed by atoms with Crippen LogP contribution < -0.4 is 5.32 Å². The Labute approximate surface area is 163 Å². The van der Waals surface area contributed by atoms with Crippen molar-refractivity contribution in [3.63, 3.8) is 0 Å². The number of hydrogen-bond acceptors (Lipinski definition) is 4. The fraction of sp³-hybridized carbons (Fsp3) is 0.400. The number of anilines is 1. The van der Waals surface area contributed by atoms with Crippen LogP contribution in [0, 0.1) is 0 Å². The molecule has 2 aromatic rings. The van der Waals surface area contributed by atoms with Gasteiger partial charge in [-0.2, -0.15) is 0 Å². The molecule has 1 aromatic carbocycles. The minimum Gasteiger partial charge on any atom is -0.339 e. The number of thioether (sulfide) groups is 1. The number of thiophene rings is 1. The van der Waals surface area contributed by atoms with Crippen molar-refractivity contribution in [3.8, 4) is 0 Å². The van der Waals surface area contributed by atoms with Gasteiger partial charge in [0, 0.05) is 23.9 Å². The van der Waals surface area contributed by atoms with E-state index in [0.29, 0.717) is 5.69 Å². The molecule has 1 aliphatic carbocycles. The highest BCUT2D eigenvalue weighted by Gasteiger charge is 2.18. The Balaban J connectivity index is 1.76. The highest BCUT2D eigenvalue weighted by atomic mass is 32.2. The second-order valence-corrected chi connectivity index (χ2v) is 8.82. The molecule has 3 rings (SSSR count). The Hall–Kier alpha value is -1.79. The molecule has 4 nitrogen and oxygen atoms in total. The van der Waals surface area contributed by atoms with Crippen LogP contribution in [0.25, 0.3) is 0 Å². The number of aryl methyl sites for hydroxylation is 2. The summed E-state index contributed by atoms with van der Waals surface area (Å²) in [6, 6.07) is 9.50. The maximum atomic E-state index is 12.8. The number of carbonyl (C=O) groups excluding carboxylic acids is 2. The quantitative estimate of drug-likeness (QED) is 0.713. The van der Waals surface area contributed by atoms with E-state index in [1.165, 1.54) is 41.0 Å². The fourth-order valence-electron chi connectivity index (χ4n) is 2.98. The number of rotatable bonds is 3. The molecule has 0 fully saturated rings. The average molecular weight is 389 g/mol. The number of amides is 2. The van der Waals surface area contributed by atoms with Crippen molar-refractivity contribution in [1.29, 1.82) is 0 Å². The van der Waals surface area contributed by atoms with Crippen molar-refractivity contribution in [2.24, 2.45) is 0 Å². The van der Waals surface area contributed by atoms with E-state index in [1.54, 1.807) is 25.4 Å². The van der Waals surface area contributed by atoms with Crippen molar-refractivity contribution >= 4 is 39.9 Å². The minimum absolute atomic E-state index is 0.0641. The first-order valence-corrected chi connectivity index (χ1v) is 10.6. The second-order valence-electron chi connectivity index (χ2n) is 6.69. The lowest BCUT2D eigenvalue weighted by Gasteiger charge is -2.12. The largest absolute Gasteiger partial charge is 0.339 e. The topological polar surface area (TPSA) is 49.4 Å². The zero-order valence-corrected chi connectivity index (χ0v) is 16.8. The number of carbonyl (C=O) groups is 2. The van der Waals surface area contributed by atoms with Gasteiger partial charge >= 0.3 is 0 Å². The first-order chi connectivity index (χ1) is 12.5. The molecule has 1 aliphatic rings. The summed E-state index contributed by atoms with van der Waals surface area (Å²) in [5.41, 5.74) is 2.02. The number of hydrogen-bond donors (Lipinski definition) is 1. The van der Waals surface area contributed by atoms with Crippen LogP contribution in [0.3, 0.4) is 0 Å². The number of para-hydroxylation sites is 1. The third kappa shape index (κ3) is 4.68. The van der Waals surface area contributed by atoms with Gasteiger partial charge in [0.25, 0.3) is 11.1 Å². The molecule has 1 aromatic heterocycles. The van der Waals surface area contributed by atoms with E-state index in [-0.39, 0.29) is 11.1 Å². The van der Waals surface area contributed by atoms with Gasteiger partial charge in [0.2, 0.25) is 0 Å². The van der Waals surface area contributed by atoms with Crippen LogP contribution in [0.2, 0.25) is 0 Å². The third-order valence-electron chi connectivity index (χ3n) is 4.42. The van der Waals surface area contributed by atoms with Crippen LogP contribution in [0.4, 0.5) is 10.5 Å². The maximum absolute atomic E-state index is 12.8. The van der Waals surface area contributed by atoms with Gasteiger partial charge in [-0.15, -0.1) is 11.3 Å². The molecular formula is C20H24N2O2S2. The van der Waals surface area contributed by atoms with Crippen molar-refractivity contribution in [2.75, 3.05) is 19.4 Å². The Morgan fingerprint density at radius 2 is 1.81 bits per heavy atom. The van der Waals surface area contributed by atoms with Gasteiger partial charge < -0.3 is 10.2 Å². The lowest BCUT2D eigenvalue weighted by molar-refractivity contribution is 0.103. The summed E-state index contributed by atoms with van der Waals surface area (Å²) in [5.74, 6) is -0.0906. The van der Waals surface area contributed by atoms with E-state index in [1.807, 2.05) is 24.3 Å². The van der Waals surface area contributed by atoms with Crippen LogP contribution in [-0.2, 0) is 12.8 Å². The molecule has 0 atom stereocenters. The van der Waals surface area contributed by atoms with Crippen molar-refractivity contribution < 1.29 is 9.59 Å². The number of nitrogens with zero attached hydrogens (tertiary/aromatic N) is 1. The summed E-state index contributed by atoms with van der Waals surface area (Å²) in [5, 5.41) is 2.93. The van der Waals surface area contributed by atoms with E-state index in [2.05, 4.69) is 11.4 Å². The Bertz CT molecular complexity index is 773. The Morgan fingerprint density at radius 1 is 1.08 bits per heavy atom. The SMILES string of the molecule is CN(C)C(=O)Sc1ccccc1NC(=O)c1cc2c(s1)CCCCCC2. The van der Waals surface area contributed by atoms with Gasteiger partial charge in [0.1, 0.15) is 0 Å². The van der Waals surface area contributed by atoms with E-state index < -0.39 is 0 Å². The molecule has 1 heterocycles. The van der Waals surface area contributed by atoms with Gasteiger partial charge in [-0.25, -0.2) is 0 Å². The van der Waals surface area contributed by atoms with Crippen LogP contribution in [0.1, 0.15) is 45.8 Å². The first kappa shape index (κ1) is 19.0. The van der Waals surface area contributed by atoms with E-state index in [4.69, 9.17) is 0 Å². The smallest absolute Gasteiger partial charge is 0.286 e. The van der Waals surface area contributed by atoms with Crippen molar-refractivity contribution in [2.45, 2.75) is 43.4 Å². The summed E-state index contributed by atoms with van der Waals surface area (Å²) in [6.07, 6.45) is 7.13. The molecule has 0 saturated carbocycles. The molecule has 138 valence electrons. The van der Waals surface area contributed by atoms with Gasteiger partial charge in [-0.1, -0.05) is 25.0 Å². The predicted octanol–water partition coefficient (Wildman–Crippen LogP) is 5.43. The summed E-state index contributed by atoms with van der Waals surface area (Å²) in [7, 11) is 3.44. The zero-order chi connectivity index (χ0) is 18.5. The predicted molar refractivity (Wildman–Crippen MR) is 110 cm³/mol. The van der Waals surface area contributed by atoms with Gasteiger partial charge in [0.15, 0.2) is 0 Å². The highest BCUT2D eigenvalue weighted by molar-refractivity contribution is 8.13. The number of nitrogens with one attached hydrogen (secondary N) is 1. The molecule has 1 N–H and O–H groups in total. The summed E-state index contributed by atoms with van der Waals surface area (Å²) in [4.78, 5) is 29.2. The van der Waals surface area contributed by atoms with Crippen LogP contribution in [-0.4, -0.2) is 30.1 Å². The molecule has 0 bridgehead atoms. The Morgan fingerprint density at radius 3 is 2.58 bits per heavy atom. The second kappa shape index (κ2) is 8.73. The molecule has 26 heavy (non-hydrogen) atoms. The van der Waals surface area contributed by atoms with Gasteiger partial charge in [-0.3, -0.25) is 9.59 Å². The van der Waals surface area contributed by atoms with E-state index in [9.17, 15) is 9.59 Å². The fourth-order valence-corrected chi connectivity index (χ4v) is 4.88. The summed E-state index contributed by atoms with van der Waals surface area (Å²) >= 11 is 2.74. The molecule has 0 aliphatic heterocycles. The van der Waals surface area contributed by atoms with Gasteiger partial charge in [0.05, 0.1) is 10.6 Å². The van der Waals surface area contributed by atoms with Crippen LogP contribution in [0.5, 0.6) is 0 Å². The molecular weight excluding hydrogens is 364 g/mol. The normalized spacial score (nSPS) is 14.1.